The zero-order valence-electron chi connectivity index (χ0n) is 7.98. The molecule has 0 spiro atoms. The Morgan fingerprint density at radius 3 is 2.73 bits per heavy atom. The number of hydrogen-bond donors (Lipinski definition) is 1. The lowest BCUT2D eigenvalue weighted by molar-refractivity contribution is 0.101. The van der Waals surface area contributed by atoms with Gasteiger partial charge in [0.15, 0.2) is 11.6 Å². The van der Waals surface area contributed by atoms with Crippen LogP contribution in [0.25, 0.3) is 11.4 Å². The molecule has 0 atom stereocenters. The van der Waals surface area contributed by atoms with Gasteiger partial charge in [0.1, 0.15) is 0 Å². The minimum Gasteiger partial charge on any atom is -0.296 e. The molecule has 0 amide bonds. The van der Waals surface area contributed by atoms with E-state index in [1.807, 2.05) is 0 Å². The molecule has 0 saturated carbocycles. The van der Waals surface area contributed by atoms with Gasteiger partial charge in [-0.25, -0.2) is 4.79 Å². The lowest BCUT2D eigenvalue weighted by Crippen LogP contribution is -1.99. The smallest absolute Gasteiger partial charge is 0.296 e. The van der Waals surface area contributed by atoms with E-state index in [-0.39, 0.29) is 11.6 Å². The Bertz CT molecular complexity index is 554. The van der Waals surface area contributed by atoms with Crippen molar-refractivity contribution in [1.29, 1.82) is 0 Å². The Morgan fingerprint density at radius 2 is 2.13 bits per heavy atom. The van der Waals surface area contributed by atoms with Crippen LogP contribution in [-0.2, 0) is 0 Å². The highest BCUT2D eigenvalue weighted by Crippen LogP contribution is 2.19. The van der Waals surface area contributed by atoms with E-state index in [4.69, 9.17) is 0 Å². The van der Waals surface area contributed by atoms with Gasteiger partial charge in [-0.3, -0.25) is 14.3 Å². The Kier molecular flexibility index (Phi) is 2.21. The van der Waals surface area contributed by atoms with Gasteiger partial charge in [0.2, 0.25) is 0 Å². The monoisotopic (exact) mass is 204 g/mol. The summed E-state index contributed by atoms with van der Waals surface area (Å²) in [6.07, 6.45) is 0. The average Bonchev–Trinajstić information content (AvgIpc) is 2.65. The third kappa shape index (κ3) is 1.71. The van der Waals surface area contributed by atoms with Gasteiger partial charge in [-0.1, -0.05) is 29.4 Å². The van der Waals surface area contributed by atoms with Crippen LogP contribution in [0.15, 0.2) is 33.6 Å². The lowest BCUT2D eigenvalue weighted by Gasteiger charge is -2.01. The van der Waals surface area contributed by atoms with Gasteiger partial charge >= 0.3 is 5.76 Å². The molecule has 0 unspecified atom stereocenters. The highest BCUT2D eigenvalue weighted by Gasteiger charge is 2.11. The van der Waals surface area contributed by atoms with Crippen LogP contribution in [0.2, 0.25) is 0 Å². The molecule has 0 radical (unpaired) electrons. The minimum absolute atomic E-state index is 0.0885. The second-order valence-corrected chi connectivity index (χ2v) is 3.05. The van der Waals surface area contributed by atoms with E-state index in [9.17, 15) is 9.59 Å². The van der Waals surface area contributed by atoms with Crippen LogP contribution in [-0.4, -0.2) is 15.9 Å². The molecule has 1 heterocycles. The summed E-state index contributed by atoms with van der Waals surface area (Å²) >= 11 is 0. The van der Waals surface area contributed by atoms with Crippen LogP contribution < -0.4 is 5.76 Å². The van der Waals surface area contributed by atoms with Crippen LogP contribution in [0.5, 0.6) is 0 Å². The number of benzene rings is 1. The summed E-state index contributed by atoms with van der Waals surface area (Å²) in [4.78, 5) is 24.5. The number of nitrogens with zero attached hydrogens (tertiary/aromatic N) is 1. The SMILES string of the molecule is CC(=O)c1ccccc1-c1noc(=O)[nH]1. The second-order valence-electron chi connectivity index (χ2n) is 3.05. The normalized spacial score (nSPS) is 10.2. The zero-order valence-corrected chi connectivity index (χ0v) is 7.98. The molecule has 0 aliphatic heterocycles. The van der Waals surface area contributed by atoms with Crippen molar-refractivity contribution >= 4 is 5.78 Å². The van der Waals surface area contributed by atoms with E-state index >= 15 is 0 Å². The molecule has 76 valence electrons. The predicted molar refractivity (Wildman–Crippen MR) is 52.6 cm³/mol. The molecule has 1 aromatic heterocycles. The number of nitrogens with one attached hydrogen (secondary N) is 1. The summed E-state index contributed by atoms with van der Waals surface area (Å²) in [6, 6.07) is 6.88. The van der Waals surface area contributed by atoms with Crippen molar-refractivity contribution in [3.63, 3.8) is 0 Å². The summed E-state index contributed by atoms with van der Waals surface area (Å²) < 4.78 is 4.38. The fraction of sp³-hybridized carbons (Fsp3) is 0.100. The number of H-pyrrole nitrogens is 1. The number of Topliss-reactive ketones (excluding diaryl/α,β-unsaturated/α-hetero) is 1. The maximum Gasteiger partial charge on any atom is 0.439 e. The van der Waals surface area contributed by atoms with Gasteiger partial charge in [0.25, 0.3) is 0 Å². The molecule has 0 aliphatic rings. The van der Waals surface area contributed by atoms with Gasteiger partial charge < -0.3 is 0 Å². The van der Waals surface area contributed by atoms with Crippen molar-refractivity contribution in [3.8, 4) is 11.4 Å². The molecule has 15 heavy (non-hydrogen) atoms. The molecule has 5 nitrogen and oxygen atoms in total. The van der Waals surface area contributed by atoms with E-state index < -0.39 is 5.76 Å². The van der Waals surface area contributed by atoms with Gasteiger partial charge in [-0.15, -0.1) is 0 Å². The highest BCUT2D eigenvalue weighted by atomic mass is 16.5. The van der Waals surface area contributed by atoms with Crippen molar-refractivity contribution in [3.05, 3.63) is 40.4 Å². The Labute approximate surface area is 84.7 Å². The van der Waals surface area contributed by atoms with Gasteiger partial charge in [-0.05, 0) is 6.92 Å². The predicted octanol–water partition coefficient (Wildman–Crippen LogP) is 1.23. The van der Waals surface area contributed by atoms with Crippen LogP contribution in [0.4, 0.5) is 0 Å². The first-order chi connectivity index (χ1) is 7.18. The number of rotatable bonds is 2. The van der Waals surface area contributed by atoms with E-state index in [1.165, 1.54) is 6.92 Å². The first kappa shape index (κ1) is 9.39. The molecule has 1 aromatic carbocycles. The van der Waals surface area contributed by atoms with E-state index in [0.717, 1.165) is 0 Å². The van der Waals surface area contributed by atoms with Gasteiger partial charge in [-0.2, -0.15) is 0 Å². The van der Waals surface area contributed by atoms with Crippen molar-refractivity contribution in [2.45, 2.75) is 6.92 Å². The molecule has 2 rings (SSSR count). The largest absolute Gasteiger partial charge is 0.439 e. The Morgan fingerprint density at radius 1 is 1.40 bits per heavy atom. The maximum absolute atomic E-state index is 11.3. The summed E-state index contributed by atoms with van der Waals surface area (Å²) in [7, 11) is 0. The third-order valence-electron chi connectivity index (χ3n) is 2.00. The first-order valence-corrected chi connectivity index (χ1v) is 4.35. The number of aromatic amines is 1. The number of carbonyl (C=O) groups excluding carboxylic acids is 1. The Hall–Kier alpha value is -2.17. The standard InChI is InChI=1S/C10H8N2O3/c1-6(13)7-4-2-3-5-8(7)9-11-10(14)15-12-9/h2-5H,1H3,(H,11,12,14). The molecular formula is C10H8N2O3. The van der Waals surface area contributed by atoms with Crippen molar-refractivity contribution in [2.75, 3.05) is 0 Å². The Balaban J connectivity index is 2.62. The highest BCUT2D eigenvalue weighted by molar-refractivity contribution is 5.99. The van der Waals surface area contributed by atoms with Crippen LogP contribution in [0, 0.1) is 0 Å². The van der Waals surface area contributed by atoms with Crippen molar-refractivity contribution < 1.29 is 9.32 Å². The minimum atomic E-state index is -0.636. The number of hydrogen-bond acceptors (Lipinski definition) is 4. The number of ketones is 1. The second kappa shape index (κ2) is 3.53. The van der Waals surface area contributed by atoms with Crippen LogP contribution in [0.3, 0.4) is 0 Å². The summed E-state index contributed by atoms with van der Waals surface area (Å²) in [5.74, 6) is -0.455. The number of aromatic nitrogens is 2. The summed E-state index contributed by atoms with van der Waals surface area (Å²) in [5, 5.41) is 3.53. The summed E-state index contributed by atoms with van der Waals surface area (Å²) in [5.41, 5.74) is 1.07. The lowest BCUT2D eigenvalue weighted by atomic mass is 10.0. The molecule has 5 heteroatoms. The van der Waals surface area contributed by atoms with E-state index in [0.29, 0.717) is 11.1 Å². The van der Waals surface area contributed by atoms with Crippen molar-refractivity contribution in [2.24, 2.45) is 0 Å². The molecule has 0 saturated heterocycles. The molecular weight excluding hydrogens is 196 g/mol. The van der Waals surface area contributed by atoms with E-state index in [1.54, 1.807) is 24.3 Å². The van der Waals surface area contributed by atoms with Crippen LogP contribution in [0.1, 0.15) is 17.3 Å². The fourth-order valence-electron chi connectivity index (χ4n) is 1.34. The van der Waals surface area contributed by atoms with Crippen molar-refractivity contribution in [1.82, 2.24) is 10.1 Å². The topological polar surface area (TPSA) is 76.0 Å². The molecule has 0 fully saturated rings. The molecule has 0 aliphatic carbocycles. The first-order valence-electron chi connectivity index (χ1n) is 4.35. The number of carbonyl (C=O) groups is 1. The third-order valence-corrected chi connectivity index (χ3v) is 2.00. The molecule has 2 aromatic rings. The van der Waals surface area contributed by atoms with Gasteiger partial charge in [0, 0.05) is 11.1 Å². The molecule has 0 bridgehead atoms. The fourth-order valence-corrected chi connectivity index (χ4v) is 1.34. The maximum atomic E-state index is 11.3. The quantitative estimate of drug-likeness (QED) is 0.746. The zero-order chi connectivity index (χ0) is 10.8. The van der Waals surface area contributed by atoms with E-state index in [2.05, 4.69) is 14.7 Å². The molecule has 1 N–H and O–H groups in total. The van der Waals surface area contributed by atoms with Gasteiger partial charge in [0.05, 0.1) is 0 Å². The van der Waals surface area contributed by atoms with Crippen LogP contribution >= 0.6 is 0 Å². The average molecular weight is 204 g/mol. The summed E-state index contributed by atoms with van der Waals surface area (Å²) in [6.45, 7) is 1.46.